The SMILES string of the molecule is CCOc1nc2ccccc2n1CCCCl. The van der Waals surface area contributed by atoms with E-state index in [2.05, 4.69) is 15.6 Å². The minimum Gasteiger partial charge on any atom is -0.465 e. The fraction of sp³-hybridized carbons (Fsp3) is 0.417. The van der Waals surface area contributed by atoms with Crippen molar-refractivity contribution in [3.63, 3.8) is 0 Å². The van der Waals surface area contributed by atoms with Gasteiger partial charge in [-0.05, 0) is 25.5 Å². The molecule has 3 nitrogen and oxygen atoms in total. The zero-order chi connectivity index (χ0) is 11.4. The van der Waals surface area contributed by atoms with Gasteiger partial charge in [-0.1, -0.05) is 12.1 Å². The van der Waals surface area contributed by atoms with Gasteiger partial charge in [0.2, 0.25) is 0 Å². The largest absolute Gasteiger partial charge is 0.465 e. The monoisotopic (exact) mass is 238 g/mol. The van der Waals surface area contributed by atoms with Gasteiger partial charge in [-0.15, -0.1) is 11.6 Å². The Labute approximate surface area is 100.0 Å². The molecule has 0 saturated carbocycles. The molecule has 0 N–H and O–H groups in total. The van der Waals surface area contributed by atoms with Crippen LogP contribution in [0.15, 0.2) is 24.3 Å². The Balaban J connectivity index is 2.42. The maximum atomic E-state index is 5.72. The Morgan fingerprint density at radius 1 is 1.38 bits per heavy atom. The molecule has 1 aromatic carbocycles. The van der Waals surface area contributed by atoms with Crippen molar-refractivity contribution in [2.24, 2.45) is 0 Å². The lowest BCUT2D eigenvalue weighted by molar-refractivity contribution is 0.298. The van der Waals surface area contributed by atoms with Crippen LogP contribution in [-0.4, -0.2) is 22.0 Å². The van der Waals surface area contributed by atoms with Gasteiger partial charge in [-0.2, -0.15) is 4.98 Å². The number of nitrogens with zero attached hydrogens (tertiary/aromatic N) is 2. The topological polar surface area (TPSA) is 27.1 Å². The van der Waals surface area contributed by atoms with E-state index in [1.165, 1.54) is 0 Å². The molecule has 0 amide bonds. The van der Waals surface area contributed by atoms with E-state index in [1.807, 2.05) is 25.1 Å². The maximum absolute atomic E-state index is 5.72. The number of imidazole rings is 1. The molecule has 0 radical (unpaired) electrons. The average Bonchev–Trinajstić information content (AvgIpc) is 2.65. The lowest BCUT2D eigenvalue weighted by Gasteiger charge is -2.07. The molecule has 1 aromatic heterocycles. The van der Waals surface area contributed by atoms with Gasteiger partial charge in [-0.25, -0.2) is 0 Å². The van der Waals surface area contributed by atoms with E-state index in [1.54, 1.807) is 0 Å². The maximum Gasteiger partial charge on any atom is 0.297 e. The fourth-order valence-corrected chi connectivity index (χ4v) is 1.85. The van der Waals surface area contributed by atoms with Crippen LogP contribution in [0.1, 0.15) is 13.3 Å². The first-order chi connectivity index (χ1) is 7.86. The second kappa shape index (κ2) is 5.21. The van der Waals surface area contributed by atoms with Crippen molar-refractivity contribution >= 4 is 22.6 Å². The van der Waals surface area contributed by atoms with Gasteiger partial charge in [0.15, 0.2) is 0 Å². The van der Waals surface area contributed by atoms with Gasteiger partial charge < -0.3 is 4.74 Å². The molecule has 0 aliphatic carbocycles. The highest BCUT2D eigenvalue weighted by molar-refractivity contribution is 6.17. The average molecular weight is 239 g/mol. The van der Waals surface area contributed by atoms with Crippen molar-refractivity contribution in [3.05, 3.63) is 24.3 Å². The predicted molar refractivity (Wildman–Crippen MR) is 66.2 cm³/mol. The molecule has 86 valence electrons. The van der Waals surface area contributed by atoms with Crippen LogP contribution in [0.3, 0.4) is 0 Å². The van der Waals surface area contributed by atoms with E-state index < -0.39 is 0 Å². The Morgan fingerprint density at radius 3 is 2.94 bits per heavy atom. The number of hydrogen-bond acceptors (Lipinski definition) is 2. The zero-order valence-electron chi connectivity index (χ0n) is 9.32. The van der Waals surface area contributed by atoms with Crippen LogP contribution >= 0.6 is 11.6 Å². The summed E-state index contributed by atoms with van der Waals surface area (Å²) in [6.07, 6.45) is 0.919. The lowest BCUT2D eigenvalue weighted by atomic mass is 10.3. The molecule has 16 heavy (non-hydrogen) atoms. The quantitative estimate of drug-likeness (QED) is 0.749. The van der Waals surface area contributed by atoms with Gasteiger partial charge in [0.25, 0.3) is 6.01 Å². The first-order valence-corrected chi connectivity index (χ1v) is 6.04. The molecule has 2 aromatic rings. The number of para-hydroxylation sites is 2. The van der Waals surface area contributed by atoms with Gasteiger partial charge in [0, 0.05) is 12.4 Å². The molecular weight excluding hydrogens is 224 g/mol. The number of hydrogen-bond donors (Lipinski definition) is 0. The highest BCUT2D eigenvalue weighted by Gasteiger charge is 2.10. The third kappa shape index (κ3) is 2.14. The zero-order valence-corrected chi connectivity index (χ0v) is 10.1. The van der Waals surface area contributed by atoms with Gasteiger partial charge >= 0.3 is 0 Å². The summed E-state index contributed by atoms with van der Waals surface area (Å²) in [5.41, 5.74) is 2.08. The Morgan fingerprint density at radius 2 is 2.19 bits per heavy atom. The number of rotatable bonds is 5. The highest BCUT2D eigenvalue weighted by atomic mass is 35.5. The highest BCUT2D eigenvalue weighted by Crippen LogP contribution is 2.21. The smallest absolute Gasteiger partial charge is 0.297 e. The third-order valence-corrected chi connectivity index (χ3v) is 2.68. The normalized spacial score (nSPS) is 10.9. The molecule has 4 heteroatoms. The van der Waals surface area contributed by atoms with Crippen molar-refractivity contribution in [1.82, 2.24) is 9.55 Å². The molecule has 0 bridgehead atoms. The molecule has 0 atom stereocenters. The van der Waals surface area contributed by atoms with Crippen LogP contribution in [0.2, 0.25) is 0 Å². The van der Waals surface area contributed by atoms with E-state index >= 15 is 0 Å². The fourth-order valence-electron chi connectivity index (χ4n) is 1.73. The molecule has 0 fully saturated rings. The van der Waals surface area contributed by atoms with Crippen molar-refractivity contribution < 1.29 is 4.74 Å². The summed E-state index contributed by atoms with van der Waals surface area (Å²) >= 11 is 5.72. The van der Waals surface area contributed by atoms with Crippen LogP contribution in [0.5, 0.6) is 6.01 Å². The summed E-state index contributed by atoms with van der Waals surface area (Å²) < 4.78 is 7.61. The molecular formula is C12H15ClN2O. The molecule has 0 unspecified atom stereocenters. The van der Waals surface area contributed by atoms with Gasteiger partial charge in [0.05, 0.1) is 17.6 Å². The van der Waals surface area contributed by atoms with Crippen molar-refractivity contribution in [2.75, 3.05) is 12.5 Å². The summed E-state index contributed by atoms with van der Waals surface area (Å²) in [6, 6.07) is 8.73. The first kappa shape index (κ1) is 11.3. The second-order valence-corrected chi connectivity index (χ2v) is 3.89. The number of benzene rings is 1. The van der Waals surface area contributed by atoms with Crippen LogP contribution in [0.4, 0.5) is 0 Å². The Kier molecular flexibility index (Phi) is 3.67. The molecule has 0 aliphatic heterocycles. The van der Waals surface area contributed by atoms with E-state index in [0.29, 0.717) is 18.5 Å². The standard InChI is InChI=1S/C12H15ClN2O/c1-2-16-12-14-10-6-3-4-7-11(10)15(12)9-5-8-13/h3-4,6-7H,2,5,8-9H2,1H3. The lowest BCUT2D eigenvalue weighted by Crippen LogP contribution is -2.04. The molecule has 1 heterocycles. The Hall–Kier alpha value is -1.22. The summed E-state index contributed by atoms with van der Waals surface area (Å²) in [6.45, 7) is 3.44. The Bertz CT molecular complexity index is 467. The number of alkyl halides is 1. The van der Waals surface area contributed by atoms with Crippen LogP contribution in [-0.2, 0) is 6.54 Å². The van der Waals surface area contributed by atoms with Crippen molar-refractivity contribution in [1.29, 1.82) is 0 Å². The summed E-state index contributed by atoms with van der Waals surface area (Å²) in [5, 5.41) is 0. The first-order valence-electron chi connectivity index (χ1n) is 5.51. The minimum absolute atomic E-state index is 0.629. The van der Waals surface area contributed by atoms with E-state index in [9.17, 15) is 0 Å². The van der Waals surface area contributed by atoms with E-state index in [-0.39, 0.29) is 0 Å². The van der Waals surface area contributed by atoms with Crippen LogP contribution in [0.25, 0.3) is 11.0 Å². The second-order valence-electron chi connectivity index (χ2n) is 3.51. The van der Waals surface area contributed by atoms with E-state index in [0.717, 1.165) is 24.0 Å². The van der Waals surface area contributed by atoms with Crippen LogP contribution in [0, 0.1) is 0 Å². The number of fused-ring (bicyclic) bond motifs is 1. The van der Waals surface area contributed by atoms with E-state index in [4.69, 9.17) is 16.3 Å². The van der Waals surface area contributed by atoms with Gasteiger partial charge in [-0.3, -0.25) is 4.57 Å². The molecule has 0 spiro atoms. The summed E-state index contributed by atoms with van der Waals surface area (Å²) in [4.78, 5) is 4.45. The number of aromatic nitrogens is 2. The van der Waals surface area contributed by atoms with Crippen molar-refractivity contribution in [3.8, 4) is 6.01 Å². The number of halogens is 1. The summed E-state index contributed by atoms with van der Waals surface area (Å²) in [7, 11) is 0. The van der Waals surface area contributed by atoms with Gasteiger partial charge in [0.1, 0.15) is 0 Å². The molecule has 0 aliphatic rings. The number of ether oxygens (including phenoxy) is 1. The number of aryl methyl sites for hydroxylation is 1. The summed E-state index contributed by atoms with van der Waals surface area (Å²) in [5.74, 6) is 0.651. The van der Waals surface area contributed by atoms with Crippen LogP contribution < -0.4 is 4.74 Å². The predicted octanol–water partition coefficient (Wildman–Crippen LogP) is 3.06. The van der Waals surface area contributed by atoms with Crippen molar-refractivity contribution in [2.45, 2.75) is 19.9 Å². The third-order valence-electron chi connectivity index (χ3n) is 2.41. The molecule has 0 saturated heterocycles. The molecule has 2 rings (SSSR count). The minimum atomic E-state index is 0.629.